The number of aryl methyl sites for hydroxylation is 2. The predicted molar refractivity (Wildman–Crippen MR) is 75.4 cm³/mol. The van der Waals surface area contributed by atoms with E-state index in [0.29, 0.717) is 19.1 Å². The van der Waals surface area contributed by atoms with Crippen molar-refractivity contribution in [2.24, 2.45) is 5.92 Å². The topological polar surface area (TPSA) is 56.1 Å². The van der Waals surface area contributed by atoms with E-state index in [0.717, 1.165) is 31.5 Å². The number of imidazole rings is 1. The zero-order chi connectivity index (χ0) is 13.9. The maximum absolute atomic E-state index is 12.0. The molecule has 1 aromatic rings. The van der Waals surface area contributed by atoms with E-state index in [9.17, 15) is 4.79 Å². The monoisotopic (exact) mass is 277 g/mol. The van der Waals surface area contributed by atoms with Gasteiger partial charge in [-0.3, -0.25) is 4.79 Å². The molecule has 110 valence electrons. The number of amides is 1. The molecule has 2 aliphatic rings. The second-order valence-corrected chi connectivity index (χ2v) is 5.90. The second kappa shape index (κ2) is 5.95. The van der Waals surface area contributed by atoms with Gasteiger partial charge in [0.15, 0.2) is 0 Å². The summed E-state index contributed by atoms with van der Waals surface area (Å²) in [4.78, 5) is 16.6. The van der Waals surface area contributed by atoms with Gasteiger partial charge in [0.1, 0.15) is 11.9 Å². The zero-order valence-electron chi connectivity index (χ0n) is 12.1. The van der Waals surface area contributed by atoms with Crippen LogP contribution in [0.3, 0.4) is 0 Å². The third-order valence-corrected chi connectivity index (χ3v) is 4.28. The molecule has 2 aliphatic heterocycles. The van der Waals surface area contributed by atoms with Crippen LogP contribution in [0, 0.1) is 5.92 Å². The van der Waals surface area contributed by atoms with Crippen molar-refractivity contribution in [3.8, 4) is 0 Å². The van der Waals surface area contributed by atoms with Gasteiger partial charge in [0.05, 0.1) is 5.69 Å². The van der Waals surface area contributed by atoms with E-state index in [1.54, 1.807) is 0 Å². The molecule has 0 bridgehead atoms. The average molecular weight is 277 g/mol. The van der Waals surface area contributed by atoms with Crippen LogP contribution in [0.15, 0.2) is 6.20 Å². The largest absolute Gasteiger partial charge is 0.368 e. The number of nitrogens with zero attached hydrogens (tertiary/aromatic N) is 2. The molecule has 0 aromatic carbocycles. The molecular weight excluding hydrogens is 254 g/mol. The van der Waals surface area contributed by atoms with Crippen LogP contribution in [0.25, 0.3) is 0 Å². The van der Waals surface area contributed by atoms with Crippen molar-refractivity contribution >= 4 is 5.91 Å². The lowest BCUT2D eigenvalue weighted by molar-refractivity contribution is -0.131. The Morgan fingerprint density at radius 2 is 2.45 bits per heavy atom. The zero-order valence-corrected chi connectivity index (χ0v) is 12.1. The molecule has 5 nitrogen and oxygen atoms in total. The van der Waals surface area contributed by atoms with Crippen LogP contribution in [0.2, 0.25) is 0 Å². The molecule has 0 aliphatic carbocycles. The molecule has 3 heterocycles. The SMILES string of the molecule is C[C@H]1CCO[C@@H]1C(=O)NCCc1cn2c(n1)CCCC2. The molecule has 1 amide bonds. The number of ether oxygens (including phenoxy) is 1. The summed E-state index contributed by atoms with van der Waals surface area (Å²) >= 11 is 0. The van der Waals surface area contributed by atoms with Gasteiger partial charge in [-0.15, -0.1) is 0 Å². The summed E-state index contributed by atoms with van der Waals surface area (Å²) in [5.41, 5.74) is 1.09. The number of carbonyl (C=O) groups excluding carboxylic acids is 1. The van der Waals surface area contributed by atoms with Crippen LogP contribution in [-0.4, -0.2) is 34.7 Å². The van der Waals surface area contributed by atoms with E-state index in [1.165, 1.54) is 18.7 Å². The first-order valence-corrected chi connectivity index (χ1v) is 7.68. The fraction of sp³-hybridized carbons (Fsp3) is 0.733. The van der Waals surface area contributed by atoms with Crippen LogP contribution in [0.4, 0.5) is 0 Å². The van der Waals surface area contributed by atoms with Gasteiger partial charge >= 0.3 is 0 Å². The maximum Gasteiger partial charge on any atom is 0.249 e. The van der Waals surface area contributed by atoms with E-state index in [-0.39, 0.29) is 12.0 Å². The van der Waals surface area contributed by atoms with Crippen molar-refractivity contribution in [1.82, 2.24) is 14.9 Å². The van der Waals surface area contributed by atoms with Gasteiger partial charge < -0.3 is 14.6 Å². The van der Waals surface area contributed by atoms with Crippen LogP contribution in [0.5, 0.6) is 0 Å². The van der Waals surface area contributed by atoms with Crippen molar-refractivity contribution in [3.05, 3.63) is 17.7 Å². The summed E-state index contributed by atoms with van der Waals surface area (Å²) in [7, 11) is 0. The first-order valence-electron chi connectivity index (χ1n) is 7.68. The molecule has 2 atom stereocenters. The third-order valence-electron chi connectivity index (χ3n) is 4.28. The van der Waals surface area contributed by atoms with Gasteiger partial charge in [-0.25, -0.2) is 4.98 Å². The highest BCUT2D eigenvalue weighted by atomic mass is 16.5. The molecule has 0 unspecified atom stereocenters. The van der Waals surface area contributed by atoms with Gasteiger partial charge in [-0.1, -0.05) is 6.92 Å². The Balaban J connectivity index is 1.47. The Morgan fingerprint density at radius 3 is 3.20 bits per heavy atom. The molecule has 0 saturated carbocycles. The molecule has 1 N–H and O–H groups in total. The lowest BCUT2D eigenvalue weighted by Gasteiger charge is -2.13. The van der Waals surface area contributed by atoms with E-state index in [4.69, 9.17) is 4.74 Å². The number of fused-ring (bicyclic) bond motifs is 1. The summed E-state index contributed by atoms with van der Waals surface area (Å²) < 4.78 is 7.72. The van der Waals surface area contributed by atoms with Crippen molar-refractivity contribution in [1.29, 1.82) is 0 Å². The summed E-state index contributed by atoms with van der Waals surface area (Å²) in [6.07, 6.45) is 7.22. The highest BCUT2D eigenvalue weighted by molar-refractivity contribution is 5.81. The first kappa shape index (κ1) is 13.6. The number of nitrogens with one attached hydrogen (secondary N) is 1. The van der Waals surface area contributed by atoms with Crippen LogP contribution >= 0.6 is 0 Å². The van der Waals surface area contributed by atoms with E-state index in [1.807, 2.05) is 0 Å². The van der Waals surface area contributed by atoms with Gasteiger partial charge in [-0.05, 0) is 25.2 Å². The summed E-state index contributed by atoms with van der Waals surface area (Å²) in [6, 6.07) is 0. The van der Waals surface area contributed by atoms with Crippen molar-refractivity contribution < 1.29 is 9.53 Å². The Labute approximate surface area is 119 Å². The fourth-order valence-electron chi connectivity index (χ4n) is 3.04. The summed E-state index contributed by atoms with van der Waals surface area (Å²) in [6.45, 7) is 4.50. The van der Waals surface area contributed by atoms with Crippen LogP contribution in [0.1, 0.15) is 37.7 Å². The summed E-state index contributed by atoms with van der Waals surface area (Å²) in [5.74, 6) is 1.55. The predicted octanol–water partition coefficient (Wildman–Crippen LogP) is 1.30. The molecule has 1 aromatic heterocycles. The Bertz CT molecular complexity index is 460. The van der Waals surface area contributed by atoms with Crippen molar-refractivity contribution in [2.45, 2.75) is 51.7 Å². The Morgan fingerprint density at radius 1 is 1.55 bits per heavy atom. The average Bonchev–Trinajstić information content (AvgIpc) is 3.04. The standard InChI is InChI=1S/C15H23N3O2/c1-11-6-9-20-14(11)15(19)16-7-5-12-10-18-8-3-2-4-13(18)17-12/h10-11,14H,2-9H2,1H3,(H,16,19)/t11-,14-/m0/s1. The van der Waals surface area contributed by atoms with Gasteiger partial charge in [-0.2, -0.15) is 0 Å². The maximum atomic E-state index is 12.0. The third kappa shape index (κ3) is 2.87. The van der Waals surface area contributed by atoms with Gasteiger partial charge in [0, 0.05) is 38.7 Å². The van der Waals surface area contributed by atoms with Crippen molar-refractivity contribution in [2.75, 3.05) is 13.2 Å². The normalized spacial score (nSPS) is 25.4. The highest BCUT2D eigenvalue weighted by Crippen LogP contribution is 2.20. The Kier molecular flexibility index (Phi) is 4.05. The lowest BCUT2D eigenvalue weighted by atomic mass is 10.0. The number of carbonyl (C=O) groups is 1. The number of rotatable bonds is 4. The summed E-state index contributed by atoms with van der Waals surface area (Å²) in [5, 5.41) is 2.97. The lowest BCUT2D eigenvalue weighted by Crippen LogP contribution is -2.38. The van der Waals surface area contributed by atoms with E-state index < -0.39 is 0 Å². The molecule has 3 rings (SSSR count). The molecule has 20 heavy (non-hydrogen) atoms. The molecule has 0 spiro atoms. The molecule has 1 saturated heterocycles. The van der Waals surface area contributed by atoms with E-state index in [2.05, 4.69) is 28.0 Å². The minimum atomic E-state index is -0.259. The molecular formula is C15H23N3O2. The van der Waals surface area contributed by atoms with Crippen LogP contribution < -0.4 is 5.32 Å². The molecule has 1 fully saturated rings. The van der Waals surface area contributed by atoms with Crippen LogP contribution in [-0.2, 0) is 28.9 Å². The van der Waals surface area contributed by atoms with E-state index >= 15 is 0 Å². The Hall–Kier alpha value is -1.36. The van der Waals surface area contributed by atoms with Crippen molar-refractivity contribution in [3.63, 3.8) is 0 Å². The van der Waals surface area contributed by atoms with Gasteiger partial charge in [0.2, 0.25) is 5.91 Å². The minimum absolute atomic E-state index is 0.0268. The fourth-order valence-corrected chi connectivity index (χ4v) is 3.04. The number of aromatic nitrogens is 2. The smallest absolute Gasteiger partial charge is 0.249 e. The highest BCUT2D eigenvalue weighted by Gasteiger charge is 2.30. The number of hydrogen-bond acceptors (Lipinski definition) is 3. The second-order valence-electron chi connectivity index (χ2n) is 5.90. The quantitative estimate of drug-likeness (QED) is 0.902. The van der Waals surface area contributed by atoms with Gasteiger partial charge in [0.25, 0.3) is 0 Å². The number of hydrogen-bond donors (Lipinski definition) is 1. The minimum Gasteiger partial charge on any atom is -0.368 e. The molecule has 5 heteroatoms. The first-order chi connectivity index (χ1) is 9.74. The molecule has 0 radical (unpaired) electrons.